The van der Waals surface area contributed by atoms with Crippen LogP contribution in [0, 0.1) is 5.41 Å². The van der Waals surface area contributed by atoms with E-state index in [1.807, 2.05) is 45.4 Å². The average molecular weight is 318 g/mol. The summed E-state index contributed by atoms with van der Waals surface area (Å²) in [5.74, 6) is 1.64. The number of pyridine rings is 1. The van der Waals surface area contributed by atoms with E-state index in [-0.39, 0.29) is 5.91 Å². The van der Waals surface area contributed by atoms with E-state index in [1.165, 1.54) is 0 Å². The van der Waals surface area contributed by atoms with Gasteiger partial charge < -0.3 is 0 Å². The smallest absolute Gasteiger partial charge is 0.234 e. The summed E-state index contributed by atoms with van der Waals surface area (Å²) in [6, 6.07) is 5.75. The van der Waals surface area contributed by atoms with Crippen molar-refractivity contribution in [2.24, 2.45) is 12.5 Å². The first-order valence-corrected chi connectivity index (χ1v) is 8.48. The molecule has 6 heteroatoms. The first kappa shape index (κ1) is 16.5. The number of aryl methyl sites for hydroxylation is 1. The highest BCUT2D eigenvalue weighted by Crippen LogP contribution is 2.28. The molecule has 0 saturated heterocycles. The van der Waals surface area contributed by atoms with Crippen LogP contribution in [0.15, 0.2) is 30.6 Å². The second-order valence-corrected chi connectivity index (χ2v) is 6.80. The standard InChI is InChI=1S/C16H22N4OS/c1-16(2,11-22-5)15(21)19(3)14-9-13(18-20(14)4)12-7-6-8-17-10-12/h6-10H,11H2,1-5H3. The highest BCUT2D eigenvalue weighted by molar-refractivity contribution is 7.98. The molecule has 0 spiro atoms. The van der Waals surface area contributed by atoms with E-state index in [1.54, 1.807) is 40.8 Å². The lowest BCUT2D eigenvalue weighted by atomic mass is 9.94. The van der Waals surface area contributed by atoms with Gasteiger partial charge in [-0.3, -0.25) is 19.4 Å². The van der Waals surface area contributed by atoms with Crippen molar-refractivity contribution in [1.82, 2.24) is 14.8 Å². The minimum absolute atomic E-state index is 0.0857. The van der Waals surface area contributed by atoms with Crippen molar-refractivity contribution in [2.75, 3.05) is 24.0 Å². The Morgan fingerprint density at radius 1 is 1.45 bits per heavy atom. The normalized spacial score (nSPS) is 11.5. The Morgan fingerprint density at radius 2 is 2.18 bits per heavy atom. The van der Waals surface area contributed by atoms with Crippen molar-refractivity contribution in [3.8, 4) is 11.3 Å². The van der Waals surface area contributed by atoms with Crippen LogP contribution < -0.4 is 4.90 Å². The van der Waals surface area contributed by atoms with E-state index < -0.39 is 5.41 Å². The number of hydrogen-bond acceptors (Lipinski definition) is 4. The number of nitrogens with zero attached hydrogens (tertiary/aromatic N) is 4. The molecule has 118 valence electrons. The number of anilines is 1. The van der Waals surface area contributed by atoms with Gasteiger partial charge in [-0.15, -0.1) is 0 Å². The Bertz CT molecular complexity index is 651. The quantitative estimate of drug-likeness (QED) is 0.850. The maximum absolute atomic E-state index is 12.7. The van der Waals surface area contributed by atoms with Gasteiger partial charge in [-0.2, -0.15) is 16.9 Å². The summed E-state index contributed by atoms with van der Waals surface area (Å²) in [6.07, 6.45) is 5.51. The molecule has 0 aliphatic heterocycles. The molecule has 2 aromatic rings. The van der Waals surface area contributed by atoms with Gasteiger partial charge in [-0.05, 0) is 18.4 Å². The van der Waals surface area contributed by atoms with E-state index in [9.17, 15) is 4.79 Å². The predicted octanol–water partition coefficient (Wildman–Crippen LogP) is 2.83. The summed E-state index contributed by atoms with van der Waals surface area (Å²) in [6.45, 7) is 3.95. The second kappa shape index (κ2) is 6.52. The highest BCUT2D eigenvalue weighted by Gasteiger charge is 2.31. The first-order valence-electron chi connectivity index (χ1n) is 7.08. The number of hydrogen-bond donors (Lipinski definition) is 0. The maximum Gasteiger partial charge on any atom is 0.234 e. The highest BCUT2D eigenvalue weighted by atomic mass is 32.2. The molecular formula is C16H22N4OS. The fourth-order valence-electron chi connectivity index (χ4n) is 2.41. The molecule has 5 nitrogen and oxygen atoms in total. The number of rotatable bonds is 5. The van der Waals surface area contributed by atoms with Gasteiger partial charge in [0.1, 0.15) is 5.82 Å². The summed E-state index contributed by atoms with van der Waals surface area (Å²) in [5, 5.41) is 4.49. The van der Waals surface area contributed by atoms with Gasteiger partial charge in [0.25, 0.3) is 0 Å². The molecule has 0 N–H and O–H groups in total. The molecule has 0 saturated carbocycles. The molecule has 0 aliphatic rings. The lowest BCUT2D eigenvalue weighted by Gasteiger charge is -2.28. The molecule has 2 rings (SSSR count). The van der Waals surface area contributed by atoms with Crippen LogP contribution in [-0.2, 0) is 11.8 Å². The van der Waals surface area contributed by atoms with E-state index in [0.717, 1.165) is 22.8 Å². The second-order valence-electron chi connectivity index (χ2n) is 5.93. The summed E-state index contributed by atoms with van der Waals surface area (Å²) in [4.78, 5) is 18.5. The zero-order chi connectivity index (χ0) is 16.3. The molecule has 0 aromatic carbocycles. The molecule has 0 bridgehead atoms. The number of amides is 1. The fraction of sp³-hybridized carbons (Fsp3) is 0.438. The van der Waals surface area contributed by atoms with E-state index in [2.05, 4.69) is 10.1 Å². The monoisotopic (exact) mass is 318 g/mol. The van der Waals surface area contributed by atoms with Crippen LogP contribution in [-0.4, -0.2) is 39.7 Å². The average Bonchev–Trinajstić information content (AvgIpc) is 2.88. The lowest BCUT2D eigenvalue weighted by molar-refractivity contribution is -0.125. The van der Waals surface area contributed by atoms with Gasteiger partial charge >= 0.3 is 0 Å². The Morgan fingerprint density at radius 3 is 2.77 bits per heavy atom. The molecule has 2 heterocycles. The predicted molar refractivity (Wildman–Crippen MR) is 92.0 cm³/mol. The molecular weight excluding hydrogens is 296 g/mol. The molecule has 1 amide bonds. The Labute approximate surface area is 135 Å². The Hall–Kier alpha value is -1.82. The summed E-state index contributed by atoms with van der Waals surface area (Å²) >= 11 is 1.68. The maximum atomic E-state index is 12.7. The van der Waals surface area contributed by atoms with Crippen LogP contribution in [0.3, 0.4) is 0 Å². The van der Waals surface area contributed by atoms with Gasteiger partial charge in [0.05, 0.1) is 11.1 Å². The summed E-state index contributed by atoms with van der Waals surface area (Å²) < 4.78 is 1.73. The number of aromatic nitrogens is 3. The molecule has 22 heavy (non-hydrogen) atoms. The third-order valence-electron chi connectivity index (χ3n) is 3.54. The van der Waals surface area contributed by atoms with Crippen molar-refractivity contribution in [3.05, 3.63) is 30.6 Å². The number of thioether (sulfide) groups is 1. The minimum atomic E-state index is -0.410. The van der Waals surface area contributed by atoms with Crippen LogP contribution in [0.5, 0.6) is 0 Å². The van der Waals surface area contributed by atoms with Crippen LogP contribution in [0.2, 0.25) is 0 Å². The van der Waals surface area contributed by atoms with Gasteiger partial charge in [0.15, 0.2) is 0 Å². The van der Waals surface area contributed by atoms with Gasteiger partial charge in [-0.25, -0.2) is 0 Å². The van der Waals surface area contributed by atoms with Crippen molar-refractivity contribution in [1.29, 1.82) is 0 Å². The zero-order valence-electron chi connectivity index (χ0n) is 13.7. The van der Waals surface area contributed by atoms with Crippen LogP contribution >= 0.6 is 11.8 Å². The lowest BCUT2D eigenvalue weighted by Crippen LogP contribution is -2.40. The van der Waals surface area contributed by atoms with Crippen molar-refractivity contribution >= 4 is 23.5 Å². The van der Waals surface area contributed by atoms with Gasteiger partial charge in [-0.1, -0.05) is 13.8 Å². The van der Waals surface area contributed by atoms with Gasteiger partial charge in [0.2, 0.25) is 5.91 Å². The van der Waals surface area contributed by atoms with Crippen LogP contribution in [0.1, 0.15) is 13.8 Å². The van der Waals surface area contributed by atoms with Crippen LogP contribution in [0.4, 0.5) is 5.82 Å². The van der Waals surface area contributed by atoms with Crippen molar-refractivity contribution in [3.63, 3.8) is 0 Å². The van der Waals surface area contributed by atoms with E-state index >= 15 is 0 Å². The topological polar surface area (TPSA) is 51.0 Å². The third kappa shape index (κ3) is 3.32. The number of carbonyl (C=O) groups is 1. The van der Waals surface area contributed by atoms with Crippen molar-refractivity contribution < 1.29 is 4.79 Å². The summed E-state index contributed by atoms with van der Waals surface area (Å²) in [5.41, 5.74) is 1.34. The SMILES string of the molecule is CSCC(C)(C)C(=O)N(C)c1cc(-c2cccnc2)nn1C. The zero-order valence-corrected chi connectivity index (χ0v) is 14.5. The van der Waals surface area contributed by atoms with Crippen molar-refractivity contribution in [2.45, 2.75) is 13.8 Å². The molecule has 0 radical (unpaired) electrons. The largest absolute Gasteiger partial charge is 0.300 e. The molecule has 2 aromatic heterocycles. The number of carbonyl (C=O) groups excluding carboxylic acids is 1. The molecule has 0 fully saturated rings. The van der Waals surface area contributed by atoms with E-state index in [0.29, 0.717) is 0 Å². The Kier molecular flexibility index (Phi) is 4.90. The Balaban J connectivity index is 2.30. The van der Waals surface area contributed by atoms with Crippen LogP contribution in [0.25, 0.3) is 11.3 Å². The van der Waals surface area contributed by atoms with Gasteiger partial charge in [0, 0.05) is 43.9 Å². The third-order valence-corrected chi connectivity index (χ3v) is 4.56. The van der Waals surface area contributed by atoms with E-state index in [4.69, 9.17) is 0 Å². The first-order chi connectivity index (χ1) is 10.4. The molecule has 0 atom stereocenters. The fourth-order valence-corrected chi connectivity index (χ4v) is 3.25. The molecule has 0 unspecified atom stereocenters. The molecule has 0 aliphatic carbocycles. The minimum Gasteiger partial charge on any atom is -0.300 e. The summed E-state index contributed by atoms with van der Waals surface area (Å²) in [7, 11) is 3.65.